The van der Waals surface area contributed by atoms with Crippen LogP contribution in [0.5, 0.6) is 0 Å². The summed E-state index contributed by atoms with van der Waals surface area (Å²) in [5, 5.41) is 22.3. The Bertz CT molecular complexity index is 1870. The summed E-state index contributed by atoms with van der Waals surface area (Å²) < 4.78 is 0. The Labute approximate surface area is 236 Å². The van der Waals surface area contributed by atoms with Crippen LogP contribution in [0.1, 0.15) is 63.9 Å². The Balaban J connectivity index is 1.29. The minimum Gasteiger partial charge on any atom is -0.478 e. The number of fused-ring (bicyclic) bond motifs is 3. The standard InChI is InChI=1S/C34H25N3O4/c1-34(2)26-6-4-3-5-24(26)25-10-9-20(15-27(25)34)7-8-21-11-13-35-28(16-21)30-18-23(33(40)41)19-31(37-30)29-17-22(32(38)39)12-14-36-29/h3-6,9-19,30,37H,1-2H3,(H,38,39)(H,40,41). The summed E-state index contributed by atoms with van der Waals surface area (Å²) in [4.78, 5) is 32.1. The second-order valence-corrected chi connectivity index (χ2v) is 10.5. The van der Waals surface area contributed by atoms with Crippen LogP contribution in [0.15, 0.2) is 96.8 Å². The summed E-state index contributed by atoms with van der Waals surface area (Å²) in [6.07, 6.45) is 6.01. The lowest BCUT2D eigenvalue weighted by Crippen LogP contribution is -2.25. The number of rotatable bonds is 4. The Kier molecular flexibility index (Phi) is 6.24. The van der Waals surface area contributed by atoms with Gasteiger partial charge in [0.05, 0.1) is 34.3 Å². The SMILES string of the molecule is CC1(C)c2ccccc2-c2ccc(C#Cc3ccnc(C4C=C(C(=O)O)C=C(c5cc(C(=O)O)ccn5)N4)c3)cc21. The second-order valence-electron chi connectivity index (χ2n) is 10.5. The predicted octanol–water partition coefficient (Wildman–Crippen LogP) is 5.58. The van der Waals surface area contributed by atoms with Crippen LogP contribution >= 0.6 is 0 Å². The van der Waals surface area contributed by atoms with E-state index in [0.717, 1.165) is 11.1 Å². The third-order valence-electron chi connectivity index (χ3n) is 7.52. The van der Waals surface area contributed by atoms with Crippen molar-refractivity contribution in [2.75, 3.05) is 0 Å². The van der Waals surface area contributed by atoms with E-state index in [9.17, 15) is 19.8 Å². The molecule has 6 rings (SSSR count). The van der Waals surface area contributed by atoms with E-state index in [2.05, 4.69) is 77.4 Å². The highest BCUT2D eigenvalue weighted by Crippen LogP contribution is 2.48. The second kappa shape index (κ2) is 9.92. The van der Waals surface area contributed by atoms with Crippen molar-refractivity contribution < 1.29 is 19.8 Å². The Morgan fingerprint density at radius 2 is 1.56 bits per heavy atom. The van der Waals surface area contributed by atoms with Gasteiger partial charge in [0, 0.05) is 28.9 Å². The summed E-state index contributed by atoms with van der Waals surface area (Å²) in [6, 6.07) is 20.6. The molecule has 2 aromatic carbocycles. The highest BCUT2D eigenvalue weighted by atomic mass is 16.4. The highest BCUT2D eigenvalue weighted by molar-refractivity contribution is 5.94. The third kappa shape index (κ3) is 4.77. The molecule has 1 unspecified atom stereocenters. The number of aliphatic carboxylic acids is 1. The first-order valence-corrected chi connectivity index (χ1v) is 13.1. The number of hydrogen-bond donors (Lipinski definition) is 3. The molecule has 7 nitrogen and oxygen atoms in total. The summed E-state index contributed by atoms with van der Waals surface area (Å²) in [6.45, 7) is 4.46. The lowest BCUT2D eigenvalue weighted by molar-refractivity contribution is -0.132. The van der Waals surface area contributed by atoms with Crippen molar-refractivity contribution in [1.29, 1.82) is 0 Å². The monoisotopic (exact) mass is 539 g/mol. The maximum absolute atomic E-state index is 11.9. The van der Waals surface area contributed by atoms with Gasteiger partial charge < -0.3 is 15.5 Å². The van der Waals surface area contributed by atoms with Crippen LogP contribution in [0.25, 0.3) is 16.8 Å². The minimum absolute atomic E-state index is 0.0475. The van der Waals surface area contributed by atoms with Gasteiger partial charge in [-0.05, 0) is 70.8 Å². The highest BCUT2D eigenvalue weighted by Gasteiger charge is 2.35. The number of pyridine rings is 2. The summed E-state index contributed by atoms with van der Waals surface area (Å²) in [5.41, 5.74) is 7.95. The molecule has 1 atom stereocenters. The fourth-order valence-corrected chi connectivity index (χ4v) is 5.41. The molecule has 0 amide bonds. The van der Waals surface area contributed by atoms with Crippen molar-refractivity contribution in [1.82, 2.24) is 15.3 Å². The molecule has 0 radical (unpaired) electrons. The number of carboxylic acids is 2. The number of nitrogens with one attached hydrogen (secondary N) is 1. The fourth-order valence-electron chi connectivity index (χ4n) is 5.41. The number of hydrogen-bond acceptors (Lipinski definition) is 5. The van der Waals surface area contributed by atoms with E-state index in [0.29, 0.717) is 17.1 Å². The topological polar surface area (TPSA) is 112 Å². The number of aromatic carboxylic acids is 1. The molecular formula is C34H25N3O4. The first kappa shape index (κ1) is 25.8. The summed E-state index contributed by atoms with van der Waals surface area (Å²) >= 11 is 0. The van der Waals surface area contributed by atoms with E-state index in [1.807, 2.05) is 18.2 Å². The van der Waals surface area contributed by atoms with Gasteiger partial charge in [-0.1, -0.05) is 56.0 Å². The van der Waals surface area contributed by atoms with Gasteiger partial charge in [-0.3, -0.25) is 9.97 Å². The molecule has 4 aromatic rings. The molecule has 1 aliphatic heterocycles. The van der Waals surface area contributed by atoms with Crippen LogP contribution in [-0.2, 0) is 10.2 Å². The molecule has 2 aromatic heterocycles. The molecule has 3 N–H and O–H groups in total. The van der Waals surface area contributed by atoms with Crippen LogP contribution in [0, 0.1) is 11.8 Å². The number of carboxylic acid groups (broad SMARTS) is 2. The number of nitrogens with zero attached hydrogens (tertiary/aromatic N) is 2. The largest absolute Gasteiger partial charge is 0.478 e. The Morgan fingerprint density at radius 3 is 2.34 bits per heavy atom. The molecule has 0 saturated carbocycles. The van der Waals surface area contributed by atoms with Crippen molar-refractivity contribution in [3.05, 3.63) is 136 Å². The average molecular weight is 540 g/mol. The van der Waals surface area contributed by atoms with Crippen molar-refractivity contribution in [2.24, 2.45) is 0 Å². The lowest BCUT2D eigenvalue weighted by atomic mass is 9.82. The Morgan fingerprint density at radius 1 is 0.829 bits per heavy atom. The molecule has 41 heavy (non-hydrogen) atoms. The quantitative estimate of drug-likeness (QED) is 0.290. The zero-order chi connectivity index (χ0) is 28.7. The number of dihydropyridines is 1. The van der Waals surface area contributed by atoms with Crippen molar-refractivity contribution in [3.63, 3.8) is 0 Å². The maximum Gasteiger partial charge on any atom is 0.335 e. The van der Waals surface area contributed by atoms with Crippen LogP contribution in [0.4, 0.5) is 0 Å². The van der Waals surface area contributed by atoms with Gasteiger partial charge in [-0.25, -0.2) is 9.59 Å². The summed E-state index contributed by atoms with van der Waals surface area (Å²) in [7, 11) is 0. The molecule has 1 aliphatic carbocycles. The maximum atomic E-state index is 11.9. The Hall–Kier alpha value is -5.48. The van der Waals surface area contributed by atoms with Crippen molar-refractivity contribution in [3.8, 4) is 23.0 Å². The van der Waals surface area contributed by atoms with Gasteiger partial charge in [-0.15, -0.1) is 0 Å². The zero-order valence-corrected chi connectivity index (χ0v) is 22.3. The van der Waals surface area contributed by atoms with Crippen molar-refractivity contribution >= 4 is 17.6 Å². The molecule has 0 bridgehead atoms. The molecule has 0 spiro atoms. The van der Waals surface area contributed by atoms with Crippen LogP contribution < -0.4 is 5.32 Å². The van der Waals surface area contributed by atoms with E-state index < -0.39 is 18.0 Å². The van der Waals surface area contributed by atoms with E-state index in [4.69, 9.17) is 0 Å². The van der Waals surface area contributed by atoms with Crippen molar-refractivity contribution in [2.45, 2.75) is 25.3 Å². The molecular weight excluding hydrogens is 514 g/mol. The van der Waals surface area contributed by atoms with Crippen LogP contribution in [0.3, 0.4) is 0 Å². The van der Waals surface area contributed by atoms with Gasteiger partial charge in [0.15, 0.2) is 0 Å². The number of benzene rings is 2. The van der Waals surface area contributed by atoms with Gasteiger partial charge in [0.25, 0.3) is 0 Å². The third-order valence-corrected chi connectivity index (χ3v) is 7.52. The van der Waals surface area contributed by atoms with Crippen LogP contribution in [0.2, 0.25) is 0 Å². The zero-order valence-electron chi connectivity index (χ0n) is 22.3. The lowest BCUT2D eigenvalue weighted by Gasteiger charge is -2.23. The van der Waals surface area contributed by atoms with E-state index >= 15 is 0 Å². The van der Waals surface area contributed by atoms with Gasteiger partial charge in [0.2, 0.25) is 0 Å². The van der Waals surface area contributed by atoms with Gasteiger partial charge in [0.1, 0.15) is 0 Å². The molecule has 200 valence electrons. The van der Waals surface area contributed by atoms with E-state index in [-0.39, 0.29) is 16.6 Å². The molecule has 7 heteroatoms. The molecule has 0 saturated heterocycles. The average Bonchev–Trinajstić information content (AvgIpc) is 3.22. The smallest absolute Gasteiger partial charge is 0.335 e. The van der Waals surface area contributed by atoms with Crippen LogP contribution in [-0.4, -0.2) is 32.1 Å². The first-order chi connectivity index (χ1) is 19.7. The molecule has 2 aliphatic rings. The molecule has 0 fully saturated rings. The van der Waals surface area contributed by atoms with E-state index in [1.54, 1.807) is 12.3 Å². The van der Waals surface area contributed by atoms with Gasteiger partial charge in [-0.2, -0.15) is 0 Å². The predicted molar refractivity (Wildman–Crippen MR) is 155 cm³/mol. The number of aromatic nitrogens is 2. The van der Waals surface area contributed by atoms with E-state index in [1.165, 1.54) is 46.7 Å². The summed E-state index contributed by atoms with van der Waals surface area (Å²) in [5.74, 6) is 4.30. The fraction of sp³-hybridized carbons (Fsp3) is 0.118. The minimum atomic E-state index is -1.11. The first-order valence-electron chi connectivity index (χ1n) is 13.1. The number of carbonyl (C=O) groups is 2. The van der Waals surface area contributed by atoms with Gasteiger partial charge >= 0.3 is 11.9 Å². The molecule has 3 heterocycles. The normalized spacial score (nSPS) is 16.2.